The summed E-state index contributed by atoms with van der Waals surface area (Å²) >= 11 is 0. The summed E-state index contributed by atoms with van der Waals surface area (Å²) in [7, 11) is 7.41. The summed E-state index contributed by atoms with van der Waals surface area (Å²) in [5.74, 6) is 1.68. The van der Waals surface area contributed by atoms with Gasteiger partial charge in [0.15, 0.2) is 5.78 Å². The third kappa shape index (κ3) is 2.62. The Morgan fingerprint density at radius 2 is 1.55 bits per heavy atom. The Balaban J connectivity index is 2.51. The Morgan fingerprint density at radius 1 is 1.05 bits per heavy atom. The second-order valence-corrected chi connectivity index (χ2v) is 6.20. The Kier molecular flexibility index (Phi) is 4.54. The summed E-state index contributed by atoms with van der Waals surface area (Å²) in [6.07, 6.45) is 3.93. The molecule has 0 N–H and O–H groups in total. The summed E-state index contributed by atoms with van der Waals surface area (Å²) in [5, 5.41) is -0.394. The summed E-state index contributed by atoms with van der Waals surface area (Å²) in [5.41, 5.74) is 0.507. The van der Waals surface area contributed by atoms with Crippen molar-refractivity contribution in [2.45, 2.75) is 30.8 Å². The van der Waals surface area contributed by atoms with Gasteiger partial charge < -0.3 is 14.2 Å². The molecule has 5 heteroatoms. The van der Waals surface area contributed by atoms with Gasteiger partial charge in [-0.3, -0.25) is 4.79 Å². The molecule has 0 aromatic heterocycles. The predicted octanol–water partition coefficient (Wildman–Crippen LogP) is 3.08. The van der Waals surface area contributed by atoms with E-state index in [0.717, 1.165) is 25.7 Å². The van der Waals surface area contributed by atoms with Crippen molar-refractivity contribution in [3.05, 3.63) is 17.7 Å². The molecule has 0 aliphatic heterocycles. The number of carbonyl (C=O) groups excluding carboxylic acids is 1. The Bertz CT molecular complexity index is 482. The number of carbonyl (C=O) groups is 1. The van der Waals surface area contributed by atoms with Crippen LogP contribution in [0.25, 0.3) is 0 Å². The average molecular weight is 296 g/mol. The number of hydrogen-bond acceptors (Lipinski definition) is 4. The molecule has 20 heavy (non-hydrogen) atoms. The molecular formula is C15H21O4P. The van der Waals surface area contributed by atoms with E-state index in [9.17, 15) is 4.79 Å². The van der Waals surface area contributed by atoms with Crippen molar-refractivity contribution in [2.75, 3.05) is 21.3 Å². The van der Waals surface area contributed by atoms with Gasteiger partial charge in [0.05, 0.1) is 21.3 Å². The van der Waals surface area contributed by atoms with Crippen LogP contribution in [0.1, 0.15) is 36.0 Å². The molecule has 1 aromatic carbocycles. The van der Waals surface area contributed by atoms with Crippen LogP contribution in [0, 0.1) is 0 Å². The lowest BCUT2D eigenvalue weighted by molar-refractivity contribution is 0.0938. The van der Waals surface area contributed by atoms with Gasteiger partial charge >= 0.3 is 0 Å². The topological polar surface area (TPSA) is 44.8 Å². The lowest BCUT2D eigenvalue weighted by Crippen LogP contribution is -2.29. The van der Waals surface area contributed by atoms with Crippen LogP contribution in [-0.2, 0) is 0 Å². The molecule has 1 unspecified atom stereocenters. The second-order valence-electron chi connectivity index (χ2n) is 5.10. The van der Waals surface area contributed by atoms with Gasteiger partial charge in [0, 0.05) is 17.3 Å². The molecule has 0 radical (unpaired) electrons. The van der Waals surface area contributed by atoms with Crippen molar-refractivity contribution in [3.8, 4) is 17.2 Å². The number of hydrogen-bond donors (Lipinski definition) is 0. The molecule has 1 fully saturated rings. The monoisotopic (exact) mass is 296 g/mol. The first-order chi connectivity index (χ1) is 9.55. The number of methoxy groups -OCH3 is 3. The molecule has 0 heterocycles. The fraction of sp³-hybridized carbons (Fsp3) is 0.533. The van der Waals surface area contributed by atoms with Gasteiger partial charge in [-0.05, 0) is 12.8 Å². The predicted molar refractivity (Wildman–Crippen MR) is 81.3 cm³/mol. The Hall–Kier alpha value is -1.28. The molecule has 0 saturated heterocycles. The maximum Gasteiger partial charge on any atom is 0.180 e. The largest absolute Gasteiger partial charge is 0.496 e. The highest BCUT2D eigenvalue weighted by Gasteiger charge is 2.39. The highest BCUT2D eigenvalue weighted by Crippen LogP contribution is 2.45. The average Bonchev–Trinajstić information content (AvgIpc) is 2.92. The van der Waals surface area contributed by atoms with Gasteiger partial charge in [-0.1, -0.05) is 12.8 Å². The maximum atomic E-state index is 12.9. The molecule has 1 aliphatic carbocycles. The molecule has 0 amide bonds. The van der Waals surface area contributed by atoms with Crippen molar-refractivity contribution < 1.29 is 19.0 Å². The minimum absolute atomic E-state index is 0.0661. The zero-order chi connectivity index (χ0) is 14.8. The van der Waals surface area contributed by atoms with Crippen LogP contribution in [0.15, 0.2) is 12.1 Å². The van der Waals surface area contributed by atoms with Gasteiger partial charge in [-0.25, -0.2) is 0 Å². The highest BCUT2D eigenvalue weighted by molar-refractivity contribution is 7.21. The van der Waals surface area contributed by atoms with E-state index >= 15 is 0 Å². The summed E-state index contributed by atoms with van der Waals surface area (Å²) in [4.78, 5) is 12.9. The maximum absolute atomic E-state index is 12.9. The fourth-order valence-corrected chi connectivity index (χ4v) is 3.26. The van der Waals surface area contributed by atoms with E-state index in [2.05, 4.69) is 9.24 Å². The molecule has 4 nitrogen and oxygen atoms in total. The SMILES string of the molecule is COc1cc(OC)c(C(=O)C2(P)CCCC2)c(OC)c1. The third-order valence-electron chi connectivity index (χ3n) is 3.89. The third-order valence-corrected chi connectivity index (χ3v) is 4.73. The van der Waals surface area contributed by atoms with Gasteiger partial charge in [0.2, 0.25) is 0 Å². The zero-order valence-electron chi connectivity index (χ0n) is 12.2. The standard InChI is InChI=1S/C15H21O4P/c1-17-10-8-11(18-2)13(12(9-10)19-3)14(16)15(20)6-4-5-7-15/h8-9H,4-7,20H2,1-3H3. The van der Waals surface area contributed by atoms with Crippen LogP contribution in [0.3, 0.4) is 0 Å². The van der Waals surface area contributed by atoms with Crippen LogP contribution in [-0.4, -0.2) is 32.3 Å². The summed E-state index contributed by atoms with van der Waals surface area (Å²) < 4.78 is 15.9. The summed E-state index contributed by atoms with van der Waals surface area (Å²) in [6, 6.07) is 3.44. The van der Waals surface area contributed by atoms with Crippen LogP contribution in [0.5, 0.6) is 17.2 Å². The number of rotatable bonds is 5. The number of benzene rings is 1. The molecule has 1 aromatic rings. The molecule has 1 saturated carbocycles. The van der Waals surface area contributed by atoms with Crippen molar-refractivity contribution in [2.24, 2.45) is 0 Å². The fourth-order valence-electron chi connectivity index (χ4n) is 2.71. The Morgan fingerprint density at radius 3 is 1.95 bits per heavy atom. The number of ketones is 1. The van der Waals surface area contributed by atoms with E-state index in [1.54, 1.807) is 33.5 Å². The molecular weight excluding hydrogens is 275 g/mol. The lowest BCUT2D eigenvalue weighted by atomic mass is 9.93. The summed E-state index contributed by atoms with van der Waals surface area (Å²) in [6.45, 7) is 0. The van der Waals surface area contributed by atoms with Crippen molar-refractivity contribution in [1.29, 1.82) is 0 Å². The van der Waals surface area contributed by atoms with E-state index in [-0.39, 0.29) is 5.78 Å². The number of ether oxygens (including phenoxy) is 3. The molecule has 1 atom stereocenters. The minimum Gasteiger partial charge on any atom is -0.496 e. The van der Waals surface area contributed by atoms with Gasteiger partial charge in [-0.15, -0.1) is 9.24 Å². The normalized spacial score (nSPS) is 16.8. The van der Waals surface area contributed by atoms with E-state index in [0.29, 0.717) is 22.8 Å². The minimum atomic E-state index is -0.394. The Labute approximate surface area is 122 Å². The number of Topliss-reactive ketones (excluding diaryl/α,β-unsaturated/α-hetero) is 1. The van der Waals surface area contributed by atoms with E-state index < -0.39 is 5.16 Å². The van der Waals surface area contributed by atoms with E-state index in [1.807, 2.05) is 0 Å². The quantitative estimate of drug-likeness (QED) is 0.619. The van der Waals surface area contributed by atoms with Gasteiger partial charge in [0.25, 0.3) is 0 Å². The molecule has 0 bridgehead atoms. The molecule has 0 spiro atoms. The van der Waals surface area contributed by atoms with Crippen LogP contribution in [0.2, 0.25) is 0 Å². The first-order valence-corrected chi connectivity index (χ1v) is 7.27. The molecule has 2 rings (SSSR count). The highest BCUT2D eigenvalue weighted by atomic mass is 31.0. The van der Waals surface area contributed by atoms with Crippen molar-refractivity contribution in [3.63, 3.8) is 0 Å². The van der Waals surface area contributed by atoms with Crippen LogP contribution in [0.4, 0.5) is 0 Å². The molecule has 1 aliphatic rings. The van der Waals surface area contributed by atoms with Crippen LogP contribution < -0.4 is 14.2 Å². The van der Waals surface area contributed by atoms with Crippen molar-refractivity contribution in [1.82, 2.24) is 0 Å². The zero-order valence-corrected chi connectivity index (χ0v) is 13.3. The second kappa shape index (κ2) is 6.01. The molecule has 110 valence electrons. The van der Waals surface area contributed by atoms with Gasteiger partial charge in [0.1, 0.15) is 22.8 Å². The van der Waals surface area contributed by atoms with Crippen molar-refractivity contribution >= 4 is 15.0 Å². The smallest absolute Gasteiger partial charge is 0.180 e. The van der Waals surface area contributed by atoms with Gasteiger partial charge in [-0.2, -0.15) is 0 Å². The first-order valence-electron chi connectivity index (χ1n) is 6.69. The van der Waals surface area contributed by atoms with E-state index in [1.165, 1.54) is 0 Å². The van der Waals surface area contributed by atoms with Crippen LogP contribution >= 0.6 is 9.24 Å². The first kappa shape index (κ1) is 15.1. The van der Waals surface area contributed by atoms with E-state index in [4.69, 9.17) is 14.2 Å². The lowest BCUT2D eigenvalue weighted by Gasteiger charge is -2.24.